The fourth-order valence-electron chi connectivity index (χ4n) is 1.42. The monoisotopic (exact) mass is 256 g/mol. The SMILES string of the molecule is CC(Cc1cccs1)NC(=O)N(C)C(C)CO. The maximum absolute atomic E-state index is 11.8. The summed E-state index contributed by atoms with van der Waals surface area (Å²) in [6, 6.07) is 3.86. The lowest BCUT2D eigenvalue weighted by molar-refractivity contribution is 0.155. The van der Waals surface area contributed by atoms with Crippen LogP contribution >= 0.6 is 11.3 Å². The predicted octanol–water partition coefficient (Wildman–Crippen LogP) is 1.70. The van der Waals surface area contributed by atoms with Crippen LogP contribution in [0.5, 0.6) is 0 Å². The van der Waals surface area contributed by atoms with E-state index >= 15 is 0 Å². The first kappa shape index (κ1) is 14.0. The van der Waals surface area contributed by atoms with Gasteiger partial charge >= 0.3 is 6.03 Å². The van der Waals surface area contributed by atoms with Crippen molar-refractivity contribution in [1.82, 2.24) is 10.2 Å². The number of hydrogen-bond donors (Lipinski definition) is 2. The van der Waals surface area contributed by atoms with Crippen LogP contribution in [0.25, 0.3) is 0 Å². The standard InChI is InChI=1S/C12H20N2O2S/c1-9(7-11-5-4-6-17-11)13-12(16)14(3)10(2)8-15/h4-6,9-10,15H,7-8H2,1-3H3,(H,13,16). The lowest BCUT2D eigenvalue weighted by atomic mass is 10.2. The molecule has 0 bridgehead atoms. The van der Waals surface area contributed by atoms with E-state index in [-0.39, 0.29) is 24.7 Å². The fourth-order valence-corrected chi connectivity index (χ4v) is 2.25. The van der Waals surface area contributed by atoms with Gasteiger partial charge in [-0.25, -0.2) is 4.79 Å². The van der Waals surface area contributed by atoms with E-state index in [1.807, 2.05) is 25.3 Å². The second-order valence-corrected chi connectivity index (χ2v) is 5.31. The van der Waals surface area contributed by atoms with Gasteiger partial charge in [-0.05, 0) is 25.3 Å². The van der Waals surface area contributed by atoms with Crippen molar-refractivity contribution >= 4 is 17.4 Å². The van der Waals surface area contributed by atoms with Gasteiger partial charge in [-0.1, -0.05) is 6.07 Å². The van der Waals surface area contributed by atoms with Gasteiger partial charge in [0.2, 0.25) is 0 Å². The van der Waals surface area contributed by atoms with Crippen LogP contribution in [0.15, 0.2) is 17.5 Å². The van der Waals surface area contributed by atoms with Gasteiger partial charge in [0.1, 0.15) is 0 Å². The molecule has 0 spiro atoms. The van der Waals surface area contributed by atoms with E-state index in [2.05, 4.69) is 11.4 Å². The zero-order chi connectivity index (χ0) is 12.8. The summed E-state index contributed by atoms with van der Waals surface area (Å²) in [6.07, 6.45) is 0.838. The molecule has 2 amide bonds. The van der Waals surface area contributed by atoms with Gasteiger partial charge in [0, 0.05) is 24.4 Å². The Kier molecular flexibility index (Phi) is 5.44. The van der Waals surface area contributed by atoms with Crippen LogP contribution in [0.3, 0.4) is 0 Å². The first-order valence-corrected chi connectivity index (χ1v) is 6.59. The largest absolute Gasteiger partial charge is 0.394 e. The van der Waals surface area contributed by atoms with E-state index in [1.165, 1.54) is 9.78 Å². The second-order valence-electron chi connectivity index (χ2n) is 4.28. The lowest BCUT2D eigenvalue weighted by Crippen LogP contribution is -2.47. The number of nitrogens with one attached hydrogen (secondary N) is 1. The summed E-state index contributed by atoms with van der Waals surface area (Å²) < 4.78 is 0. The van der Waals surface area contributed by atoms with Crippen LogP contribution in [0, 0.1) is 0 Å². The Morgan fingerprint density at radius 1 is 1.59 bits per heavy atom. The maximum Gasteiger partial charge on any atom is 0.317 e. The molecule has 0 saturated heterocycles. The molecule has 0 saturated carbocycles. The van der Waals surface area contributed by atoms with E-state index in [0.717, 1.165) is 6.42 Å². The number of likely N-dealkylation sites (N-methyl/N-ethyl adjacent to an activating group) is 1. The summed E-state index contributed by atoms with van der Waals surface area (Å²) in [5.41, 5.74) is 0. The Labute approximate surface area is 106 Å². The van der Waals surface area contributed by atoms with Gasteiger partial charge in [-0.15, -0.1) is 11.3 Å². The number of hydrogen-bond acceptors (Lipinski definition) is 3. The summed E-state index contributed by atoms with van der Waals surface area (Å²) in [7, 11) is 1.69. The first-order chi connectivity index (χ1) is 8.04. The second kappa shape index (κ2) is 6.61. The van der Waals surface area contributed by atoms with E-state index < -0.39 is 0 Å². The van der Waals surface area contributed by atoms with Crippen molar-refractivity contribution in [2.45, 2.75) is 32.4 Å². The van der Waals surface area contributed by atoms with Crippen LogP contribution in [0.4, 0.5) is 4.79 Å². The number of aliphatic hydroxyl groups is 1. The minimum atomic E-state index is -0.163. The number of carbonyl (C=O) groups excluding carboxylic acids is 1. The molecule has 0 aliphatic heterocycles. The normalized spacial score (nSPS) is 14.1. The molecule has 0 fully saturated rings. The Hall–Kier alpha value is -1.07. The maximum atomic E-state index is 11.8. The molecule has 96 valence electrons. The van der Waals surface area contributed by atoms with E-state index in [4.69, 9.17) is 5.11 Å². The van der Waals surface area contributed by atoms with Gasteiger partial charge in [0.05, 0.1) is 12.6 Å². The number of rotatable bonds is 5. The van der Waals surface area contributed by atoms with Gasteiger partial charge in [-0.2, -0.15) is 0 Å². The molecule has 0 radical (unpaired) electrons. The number of nitrogens with zero attached hydrogens (tertiary/aromatic N) is 1. The lowest BCUT2D eigenvalue weighted by Gasteiger charge is -2.25. The van der Waals surface area contributed by atoms with Gasteiger partial charge in [-0.3, -0.25) is 0 Å². The number of urea groups is 1. The zero-order valence-corrected chi connectivity index (χ0v) is 11.3. The van der Waals surface area contributed by atoms with E-state index in [0.29, 0.717) is 0 Å². The highest BCUT2D eigenvalue weighted by Gasteiger charge is 2.16. The predicted molar refractivity (Wildman–Crippen MR) is 70.3 cm³/mol. The molecule has 1 heterocycles. The van der Waals surface area contributed by atoms with Crippen molar-refractivity contribution < 1.29 is 9.90 Å². The van der Waals surface area contributed by atoms with Crippen molar-refractivity contribution in [3.8, 4) is 0 Å². The Morgan fingerprint density at radius 2 is 2.29 bits per heavy atom. The molecule has 0 aliphatic rings. The third-order valence-electron chi connectivity index (χ3n) is 2.70. The average molecular weight is 256 g/mol. The van der Waals surface area contributed by atoms with Gasteiger partial charge in [0.15, 0.2) is 0 Å². The van der Waals surface area contributed by atoms with E-state index in [9.17, 15) is 4.79 Å². The fraction of sp³-hybridized carbons (Fsp3) is 0.583. The quantitative estimate of drug-likeness (QED) is 0.842. The van der Waals surface area contributed by atoms with Crippen LogP contribution < -0.4 is 5.32 Å². The Morgan fingerprint density at radius 3 is 2.82 bits per heavy atom. The molecular formula is C12H20N2O2S. The van der Waals surface area contributed by atoms with E-state index in [1.54, 1.807) is 18.4 Å². The molecule has 4 nitrogen and oxygen atoms in total. The third-order valence-corrected chi connectivity index (χ3v) is 3.60. The average Bonchev–Trinajstić information content (AvgIpc) is 2.79. The smallest absolute Gasteiger partial charge is 0.317 e. The molecule has 2 unspecified atom stereocenters. The topological polar surface area (TPSA) is 52.6 Å². The molecule has 0 aromatic carbocycles. The first-order valence-electron chi connectivity index (χ1n) is 5.71. The molecule has 1 aromatic heterocycles. The molecule has 1 rings (SSSR count). The van der Waals surface area contributed by atoms with Crippen LogP contribution in [-0.4, -0.2) is 41.8 Å². The van der Waals surface area contributed by atoms with Crippen LogP contribution in [0.2, 0.25) is 0 Å². The van der Waals surface area contributed by atoms with Gasteiger partial charge in [0.25, 0.3) is 0 Å². The third kappa shape index (κ3) is 4.36. The molecule has 0 aliphatic carbocycles. The summed E-state index contributed by atoms with van der Waals surface area (Å²) >= 11 is 1.69. The Bertz CT molecular complexity index is 340. The van der Waals surface area contributed by atoms with Crippen molar-refractivity contribution in [3.63, 3.8) is 0 Å². The minimum absolute atomic E-state index is 0.0246. The minimum Gasteiger partial charge on any atom is -0.394 e. The summed E-state index contributed by atoms with van der Waals surface area (Å²) in [5.74, 6) is 0. The number of thiophene rings is 1. The number of aliphatic hydroxyl groups excluding tert-OH is 1. The summed E-state index contributed by atoms with van der Waals surface area (Å²) in [4.78, 5) is 14.6. The van der Waals surface area contributed by atoms with Crippen molar-refractivity contribution in [2.24, 2.45) is 0 Å². The summed E-state index contributed by atoms with van der Waals surface area (Å²) in [5, 5.41) is 13.9. The Balaban J connectivity index is 2.40. The molecule has 1 aromatic rings. The van der Waals surface area contributed by atoms with Crippen molar-refractivity contribution in [3.05, 3.63) is 22.4 Å². The van der Waals surface area contributed by atoms with Crippen LogP contribution in [0.1, 0.15) is 18.7 Å². The molecule has 2 atom stereocenters. The van der Waals surface area contributed by atoms with Crippen molar-refractivity contribution in [1.29, 1.82) is 0 Å². The number of carbonyl (C=O) groups is 1. The molecular weight excluding hydrogens is 236 g/mol. The molecule has 2 N–H and O–H groups in total. The highest BCUT2D eigenvalue weighted by Crippen LogP contribution is 2.11. The zero-order valence-electron chi connectivity index (χ0n) is 10.5. The summed E-state index contributed by atoms with van der Waals surface area (Å²) in [6.45, 7) is 3.77. The van der Waals surface area contributed by atoms with Gasteiger partial charge < -0.3 is 15.3 Å². The van der Waals surface area contributed by atoms with Crippen molar-refractivity contribution in [2.75, 3.05) is 13.7 Å². The molecule has 5 heteroatoms. The highest BCUT2D eigenvalue weighted by atomic mass is 32.1. The highest BCUT2D eigenvalue weighted by molar-refractivity contribution is 7.09. The van der Waals surface area contributed by atoms with Crippen LogP contribution in [-0.2, 0) is 6.42 Å². The molecule has 17 heavy (non-hydrogen) atoms. The number of amides is 2.